The molecule has 22 heavy (non-hydrogen) atoms. The summed E-state index contributed by atoms with van der Waals surface area (Å²) in [6, 6.07) is 6.59. The van der Waals surface area contributed by atoms with Crippen LogP contribution in [0.25, 0.3) is 0 Å². The van der Waals surface area contributed by atoms with Gasteiger partial charge >= 0.3 is 0 Å². The molecule has 2 rings (SSSR count). The van der Waals surface area contributed by atoms with Crippen LogP contribution in [0.4, 0.5) is 5.69 Å². The number of hydrogen-bond acceptors (Lipinski definition) is 5. The molecule has 0 saturated carbocycles. The van der Waals surface area contributed by atoms with Crippen molar-refractivity contribution in [3.8, 4) is 0 Å². The number of nitro groups is 1. The lowest BCUT2D eigenvalue weighted by Crippen LogP contribution is -2.37. The van der Waals surface area contributed by atoms with E-state index in [0.717, 1.165) is 5.82 Å². The number of para-hydroxylation sites is 1. The molecule has 1 aromatic heterocycles. The number of aryl methyl sites for hydroxylation is 1. The lowest BCUT2D eigenvalue weighted by Gasteiger charge is -2.11. The molecule has 9 nitrogen and oxygen atoms in total. The summed E-state index contributed by atoms with van der Waals surface area (Å²) in [5.41, 5.74) is 0.674. The molecule has 0 unspecified atom stereocenters. The molecule has 116 valence electrons. The van der Waals surface area contributed by atoms with E-state index in [1.54, 1.807) is 37.0 Å². The summed E-state index contributed by atoms with van der Waals surface area (Å²) in [6.45, 7) is 0.753. The van der Waals surface area contributed by atoms with Crippen molar-refractivity contribution < 1.29 is 4.92 Å². The first-order chi connectivity index (χ1) is 10.6. The van der Waals surface area contributed by atoms with Crippen LogP contribution >= 0.6 is 0 Å². The molecule has 0 atom stereocenters. The topological polar surface area (TPSA) is 110 Å². The number of nitrogens with zero attached hydrogens (tertiary/aromatic N) is 5. The van der Waals surface area contributed by atoms with E-state index in [2.05, 4.69) is 25.7 Å². The fourth-order valence-electron chi connectivity index (χ4n) is 1.88. The number of guanidine groups is 1. The zero-order chi connectivity index (χ0) is 15.9. The summed E-state index contributed by atoms with van der Waals surface area (Å²) >= 11 is 0. The Morgan fingerprint density at radius 1 is 1.36 bits per heavy atom. The minimum atomic E-state index is -0.396. The Morgan fingerprint density at radius 2 is 2.09 bits per heavy atom. The number of aliphatic imine (C=N–C) groups is 1. The van der Waals surface area contributed by atoms with Crippen LogP contribution in [-0.4, -0.2) is 32.7 Å². The van der Waals surface area contributed by atoms with Crippen molar-refractivity contribution in [2.24, 2.45) is 12.0 Å². The maximum absolute atomic E-state index is 11.0. The third-order valence-corrected chi connectivity index (χ3v) is 3.08. The number of rotatable bonds is 5. The van der Waals surface area contributed by atoms with Gasteiger partial charge in [-0.25, -0.2) is 4.98 Å². The van der Waals surface area contributed by atoms with Crippen LogP contribution in [0.5, 0.6) is 0 Å². The van der Waals surface area contributed by atoms with Crippen molar-refractivity contribution in [3.63, 3.8) is 0 Å². The average molecular weight is 303 g/mol. The van der Waals surface area contributed by atoms with E-state index >= 15 is 0 Å². The first-order valence-corrected chi connectivity index (χ1v) is 6.61. The largest absolute Gasteiger partial charge is 0.352 e. The molecule has 1 heterocycles. The minimum Gasteiger partial charge on any atom is -0.352 e. The first kappa shape index (κ1) is 15.4. The fraction of sp³-hybridized carbons (Fsp3) is 0.308. The normalized spacial score (nSPS) is 11.3. The van der Waals surface area contributed by atoms with Gasteiger partial charge < -0.3 is 10.6 Å². The van der Waals surface area contributed by atoms with Gasteiger partial charge in [0.25, 0.3) is 5.69 Å². The fourth-order valence-corrected chi connectivity index (χ4v) is 1.88. The van der Waals surface area contributed by atoms with E-state index in [9.17, 15) is 10.1 Å². The van der Waals surface area contributed by atoms with E-state index < -0.39 is 4.92 Å². The molecule has 2 N–H and O–H groups in total. The highest BCUT2D eigenvalue weighted by atomic mass is 16.6. The lowest BCUT2D eigenvalue weighted by molar-refractivity contribution is -0.385. The van der Waals surface area contributed by atoms with Crippen LogP contribution in [0.2, 0.25) is 0 Å². The van der Waals surface area contributed by atoms with Crippen molar-refractivity contribution in [2.45, 2.75) is 13.1 Å². The smallest absolute Gasteiger partial charge is 0.274 e. The number of aromatic nitrogens is 3. The van der Waals surface area contributed by atoms with Crippen LogP contribution in [0, 0.1) is 10.1 Å². The van der Waals surface area contributed by atoms with Gasteiger partial charge in [-0.05, 0) is 0 Å². The number of hydrogen-bond donors (Lipinski definition) is 2. The molecule has 2 aromatic rings. The zero-order valence-corrected chi connectivity index (χ0v) is 12.4. The second kappa shape index (κ2) is 7.16. The highest BCUT2D eigenvalue weighted by molar-refractivity contribution is 5.79. The maximum Gasteiger partial charge on any atom is 0.274 e. The summed E-state index contributed by atoms with van der Waals surface area (Å²) in [5.74, 6) is 1.29. The van der Waals surface area contributed by atoms with Crippen LogP contribution in [0.15, 0.2) is 35.6 Å². The van der Waals surface area contributed by atoms with Crippen molar-refractivity contribution >= 4 is 11.6 Å². The van der Waals surface area contributed by atoms with Crippen LogP contribution in [0.3, 0.4) is 0 Å². The quantitative estimate of drug-likeness (QED) is 0.362. The van der Waals surface area contributed by atoms with Crippen LogP contribution < -0.4 is 10.6 Å². The van der Waals surface area contributed by atoms with E-state index in [4.69, 9.17) is 0 Å². The maximum atomic E-state index is 11.0. The molecule has 0 aliphatic heterocycles. The molecule has 0 amide bonds. The lowest BCUT2D eigenvalue weighted by atomic mass is 10.2. The molecule has 0 aliphatic rings. The standard InChI is InChI=1S/C13H17N7O2/c1-14-13(16-8-12-17-9-18-19(12)2)15-7-10-5-3-4-6-11(10)20(21)22/h3-6,9H,7-8H2,1-2H3,(H2,14,15,16). The van der Waals surface area contributed by atoms with Gasteiger partial charge in [-0.15, -0.1) is 0 Å². The van der Waals surface area contributed by atoms with Crippen LogP contribution in [0.1, 0.15) is 11.4 Å². The Bertz CT molecular complexity index is 681. The van der Waals surface area contributed by atoms with Gasteiger partial charge in [-0.1, -0.05) is 18.2 Å². The molecule has 0 spiro atoms. The predicted molar refractivity (Wildman–Crippen MR) is 81.1 cm³/mol. The average Bonchev–Trinajstić information content (AvgIpc) is 2.93. The van der Waals surface area contributed by atoms with Crippen molar-refractivity contribution in [2.75, 3.05) is 7.05 Å². The van der Waals surface area contributed by atoms with Gasteiger partial charge in [-0.2, -0.15) is 5.10 Å². The number of nitrogens with one attached hydrogen (secondary N) is 2. The van der Waals surface area contributed by atoms with E-state index in [1.807, 2.05) is 0 Å². The van der Waals surface area contributed by atoms with Gasteiger partial charge in [0, 0.05) is 32.3 Å². The highest BCUT2D eigenvalue weighted by Crippen LogP contribution is 2.16. The third-order valence-electron chi connectivity index (χ3n) is 3.08. The molecule has 9 heteroatoms. The molecule has 0 fully saturated rings. The van der Waals surface area contributed by atoms with E-state index in [-0.39, 0.29) is 5.69 Å². The third kappa shape index (κ3) is 3.78. The van der Waals surface area contributed by atoms with E-state index in [1.165, 1.54) is 12.4 Å². The molecular weight excluding hydrogens is 286 g/mol. The predicted octanol–water partition coefficient (Wildman–Crippen LogP) is 0.588. The molecule has 0 bridgehead atoms. The van der Waals surface area contributed by atoms with Gasteiger partial charge in [0.05, 0.1) is 11.5 Å². The van der Waals surface area contributed by atoms with Crippen molar-refractivity contribution in [1.82, 2.24) is 25.4 Å². The van der Waals surface area contributed by atoms with Crippen LogP contribution in [-0.2, 0) is 20.1 Å². The highest BCUT2D eigenvalue weighted by Gasteiger charge is 2.12. The Balaban J connectivity index is 1.95. The Kier molecular flexibility index (Phi) is 5.02. The van der Waals surface area contributed by atoms with E-state index in [0.29, 0.717) is 24.6 Å². The Labute approximate surface area is 127 Å². The Hall–Kier alpha value is -2.97. The summed E-state index contributed by atoms with van der Waals surface area (Å²) in [4.78, 5) is 18.7. The van der Waals surface area contributed by atoms with Gasteiger partial charge in [-0.3, -0.25) is 19.8 Å². The summed E-state index contributed by atoms with van der Waals surface area (Å²) in [5, 5.41) is 21.1. The second-order valence-electron chi connectivity index (χ2n) is 4.47. The second-order valence-corrected chi connectivity index (χ2v) is 4.47. The molecule has 1 aromatic carbocycles. The van der Waals surface area contributed by atoms with Gasteiger partial charge in [0.1, 0.15) is 12.2 Å². The van der Waals surface area contributed by atoms with Gasteiger partial charge in [0.15, 0.2) is 5.96 Å². The molecular formula is C13H17N7O2. The number of nitro benzene ring substituents is 1. The summed E-state index contributed by atoms with van der Waals surface area (Å²) in [6.07, 6.45) is 1.47. The van der Waals surface area contributed by atoms with Crippen molar-refractivity contribution in [1.29, 1.82) is 0 Å². The molecule has 0 saturated heterocycles. The number of benzene rings is 1. The molecule has 0 aliphatic carbocycles. The van der Waals surface area contributed by atoms with Crippen molar-refractivity contribution in [3.05, 3.63) is 52.1 Å². The summed E-state index contributed by atoms with van der Waals surface area (Å²) < 4.78 is 1.66. The van der Waals surface area contributed by atoms with Gasteiger partial charge in [0.2, 0.25) is 0 Å². The zero-order valence-electron chi connectivity index (χ0n) is 12.4. The molecule has 0 radical (unpaired) electrons. The Morgan fingerprint density at radius 3 is 2.73 bits per heavy atom. The summed E-state index contributed by atoms with van der Waals surface area (Å²) in [7, 11) is 3.43. The minimum absolute atomic E-state index is 0.0822. The first-order valence-electron chi connectivity index (χ1n) is 6.61. The SMILES string of the molecule is CN=C(NCc1ccccc1[N+](=O)[O-])NCc1ncnn1C. The monoisotopic (exact) mass is 303 g/mol.